The van der Waals surface area contributed by atoms with Crippen molar-refractivity contribution in [2.75, 3.05) is 36.4 Å². The Balaban J connectivity index is 0.937. The number of hydrogen-bond acceptors (Lipinski definition) is 13. The SMILES string of the molecule is CC(C)Nc1cc(-c2ccc3cc(C#N)cnn23)ncc1-c1nnc(N2CCN(Cc3ccc4c(c3)C(=O)N(C3CCC(=O)NC3=O)C4=O)CC2)s1. The standard InChI is InChI=1S/C36H33N11O4S/c1-20(2)40-27-15-28(29-6-4-23-13-22(16-37)17-39-47(23)29)38-18-26(27)33-42-43-36(52-33)45-11-9-44(10-12-45)19-21-3-5-24-25(14-21)35(51)46(34(24)50)30-7-8-31(48)41-32(30)49/h3-6,13-15,17-18,20,30H,7-12,19H2,1-2H3,(H,38,40)(H,41,48,49). The number of piperazine rings is 1. The van der Waals surface area contributed by atoms with E-state index in [1.54, 1.807) is 28.9 Å². The number of nitrogens with one attached hydrogen (secondary N) is 2. The molecular weight excluding hydrogens is 683 g/mol. The number of nitrogens with zero attached hydrogens (tertiary/aromatic N) is 9. The molecule has 0 spiro atoms. The number of pyridine rings is 1. The van der Waals surface area contributed by atoms with E-state index in [2.05, 4.69) is 55.6 Å². The van der Waals surface area contributed by atoms with Gasteiger partial charge >= 0.3 is 0 Å². The Morgan fingerprint density at radius 1 is 0.962 bits per heavy atom. The zero-order valence-electron chi connectivity index (χ0n) is 28.4. The summed E-state index contributed by atoms with van der Waals surface area (Å²) >= 11 is 1.51. The zero-order chi connectivity index (χ0) is 36.1. The Labute approximate surface area is 301 Å². The highest BCUT2D eigenvalue weighted by Gasteiger charge is 2.44. The molecule has 4 amide bonds. The van der Waals surface area contributed by atoms with Crippen molar-refractivity contribution in [2.24, 2.45) is 0 Å². The molecule has 1 atom stereocenters. The second-order valence-corrected chi connectivity index (χ2v) is 14.3. The molecule has 52 heavy (non-hydrogen) atoms. The topological polar surface area (TPSA) is 182 Å². The predicted molar refractivity (Wildman–Crippen MR) is 191 cm³/mol. The predicted octanol–water partition coefficient (Wildman–Crippen LogP) is 3.33. The van der Waals surface area contributed by atoms with E-state index in [0.29, 0.717) is 12.1 Å². The quantitative estimate of drug-likeness (QED) is 0.224. The normalized spacial score (nSPS) is 17.9. The van der Waals surface area contributed by atoms with Crippen LogP contribution in [0.15, 0.2) is 54.9 Å². The number of fused-ring (bicyclic) bond motifs is 2. The Hall–Kier alpha value is -6.05. The second kappa shape index (κ2) is 13.2. The van der Waals surface area contributed by atoms with Crippen LogP contribution in [0.5, 0.6) is 0 Å². The van der Waals surface area contributed by atoms with Crippen LogP contribution in [-0.2, 0) is 16.1 Å². The number of aromatic nitrogens is 5. The Kier molecular flexibility index (Phi) is 8.44. The van der Waals surface area contributed by atoms with E-state index >= 15 is 0 Å². The number of piperidine rings is 1. The van der Waals surface area contributed by atoms with Gasteiger partial charge in [-0.2, -0.15) is 10.4 Å². The highest BCUT2D eigenvalue weighted by atomic mass is 32.1. The summed E-state index contributed by atoms with van der Waals surface area (Å²) in [6.07, 6.45) is 3.56. The molecule has 4 aromatic heterocycles. The molecule has 0 aliphatic carbocycles. The number of rotatable bonds is 8. The second-order valence-electron chi connectivity index (χ2n) is 13.3. The number of benzene rings is 1. The summed E-state index contributed by atoms with van der Waals surface area (Å²) in [5.74, 6) is -2.03. The molecular formula is C36H33N11O4S. The smallest absolute Gasteiger partial charge is 0.262 e. The van der Waals surface area contributed by atoms with E-state index in [-0.39, 0.29) is 30.0 Å². The summed E-state index contributed by atoms with van der Waals surface area (Å²) in [5, 5.41) is 30.1. The van der Waals surface area contributed by atoms with Crippen molar-refractivity contribution >= 4 is 51.3 Å². The number of amides is 4. The van der Waals surface area contributed by atoms with Crippen molar-refractivity contribution < 1.29 is 19.2 Å². The van der Waals surface area contributed by atoms with Gasteiger partial charge in [0.2, 0.25) is 16.9 Å². The first-order chi connectivity index (χ1) is 25.2. The van der Waals surface area contributed by atoms with Crippen LogP contribution in [0.4, 0.5) is 10.8 Å². The van der Waals surface area contributed by atoms with Crippen LogP contribution in [0.3, 0.4) is 0 Å². The minimum atomic E-state index is -0.986. The van der Waals surface area contributed by atoms with Crippen LogP contribution in [-0.4, -0.2) is 96.5 Å². The zero-order valence-corrected chi connectivity index (χ0v) is 29.2. The number of anilines is 2. The van der Waals surface area contributed by atoms with E-state index in [1.165, 1.54) is 11.3 Å². The fourth-order valence-corrected chi connectivity index (χ4v) is 7.80. The summed E-state index contributed by atoms with van der Waals surface area (Å²) in [6.45, 7) is 7.72. The molecule has 0 saturated carbocycles. The Bertz CT molecular complexity index is 2320. The van der Waals surface area contributed by atoms with E-state index in [1.807, 2.05) is 30.5 Å². The van der Waals surface area contributed by atoms with Crippen molar-refractivity contribution in [1.29, 1.82) is 5.26 Å². The van der Waals surface area contributed by atoms with Crippen molar-refractivity contribution in [1.82, 2.24) is 39.9 Å². The molecule has 7 heterocycles. The molecule has 2 saturated heterocycles. The molecule has 1 unspecified atom stereocenters. The minimum Gasteiger partial charge on any atom is -0.382 e. The molecule has 0 radical (unpaired) electrons. The monoisotopic (exact) mass is 715 g/mol. The summed E-state index contributed by atoms with van der Waals surface area (Å²) in [5.41, 5.74) is 6.03. The van der Waals surface area contributed by atoms with E-state index in [9.17, 15) is 24.4 Å². The van der Waals surface area contributed by atoms with Gasteiger partial charge in [0.25, 0.3) is 11.8 Å². The average molecular weight is 716 g/mol. The van der Waals surface area contributed by atoms with Gasteiger partial charge < -0.3 is 10.2 Å². The number of nitriles is 1. The fourth-order valence-electron chi connectivity index (χ4n) is 6.87. The number of hydrogen-bond donors (Lipinski definition) is 2. The lowest BCUT2D eigenvalue weighted by atomic mass is 10.0. The average Bonchev–Trinajstić information content (AvgIpc) is 3.85. The van der Waals surface area contributed by atoms with Gasteiger partial charge in [-0.15, -0.1) is 10.2 Å². The van der Waals surface area contributed by atoms with Crippen LogP contribution in [0, 0.1) is 11.3 Å². The van der Waals surface area contributed by atoms with Crippen molar-refractivity contribution in [3.05, 3.63) is 77.1 Å². The molecule has 2 N–H and O–H groups in total. The van der Waals surface area contributed by atoms with Gasteiger partial charge in [0.05, 0.1) is 45.4 Å². The van der Waals surface area contributed by atoms with Gasteiger partial charge in [-0.25, -0.2) is 4.52 Å². The lowest BCUT2D eigenvalue weighted by Crippen LogP contribution is -2.54. The molecule has 1 aromatic carbocycles. The van der Waals surface area contributed by atoms with Crippen LogP contribution < -0.4 is 15.5 Å². The molecule has 2 fully saturated rings. The Morgan fingerprint density at radius 3 is 2.54 bits per heavy atom. The van der Waals surface area contributed by atoms with Gasteiger partial charge in [0.1, 0.15) is 12.1 Å². The first kappa shape index (κ1) is 33.1. The minimum absolute atomic E-state index is 0.0811. The third kappa shape index (κ3) is 6.03. The van der Waals surface area contributed by atoms with Gasteiger partial charge in [-0.3, -0.25) is 39.3 Å². The third-order valence-corrected chi connectivity index (χ3v) is 10.5. The largest absolute Gasteiger partial charge is 0.382 e. The highest BCUT2D eigenvalue weighted by molar-refractivity contribution is 7.18. The maximum atomic E-state index is 13.3. The third-order valence-electron chi connectivity index (χ3n) is 9.44. The maximum absolute atomic E-state index is 13.3. The fraction of sp³-hybridized carbons (Fsp3) is 0.306. The number of carbonyl (C=O) groups is 4. The Morgan fingerprint density at radius 2 is 1.77 bits per heavy atom. The first-order valence-corrected chi connectivity index (χ1v) is 17.8. The van der Waals surface area contributed by atoms with Gasteiger partial charge in [0.15, 0.2) is 5.01 Å². The molecule has 16 heteroatoms. The maximum Gasteiger partial charge on any atom is 0.262 e. The van der Waals surface area contributed by atoms with E-state index in [0.717, 1.165) is 74.9 Å². The van der Waals surface area contributed by atoms with Crippen LogP contribution in [0.1, 0.15) is 58.5 Å². The molecule has 3 aliphatic rings. The molecule has 3 aliphatic heterocycles. The molecule has 8 rings (SSSR count). The number of carbonyl (C=O) groups excluding carboxylic acids is 4. The molecule has 0 bridgehead atoms. The highest BCUT2D eigenvalue weighted by Crippen LogP contribution is 2.36. The first-order valence-electron chi connectivity index (χ1n) is 17.0. The van der Waals surface area contributed by atoms with Crippen LogP contribution >= 0.6 is 11.3 Å². The van der Waals surface area contributed by atoms with Crippen LogP contribution in [0.25, 0.3) is 27.5 Å². The summed E-state index contributed by atoms with van der Waals surface area (Å²) < 4.78 is 1.77. The van der Waals surface area contributed by atoms with Crippen molar-refractivity contribution in [3.8, 4) is 28.0 Å². The van der Waals surface area contributed by atoms with Crippen molar-refractivity contribution in [3.63, 3.8) is 0 Å². The lowest BCUT2D eigenvalue weighted by Gasteiger charge is -2.34. The van der Waals surface area contributed by atoms with Gasteiger partial charge in [0, 0.05) is 57.1 Å². The molecule has 262 valence electrons. The van der Waals surface area contributed by atoms with Gasteiger partial charge in [-0.05, 0) is 62.2 Å². The molecule has 15 nitrogen and oxygen atoms in total. The van der Waals surface area contributed by atoms with Crippen LogP contribution in [0.2, 0.25) is 0 Å². The summed E-state index contributed by atoms with van der Waals surface area (Å²) in [6, 6.07) is 14.2. The molecule has 5 aromatic rings. The summed E-state index contributed by atoms with van der Waals surface area (Å²) in [4.78, 5) is 60.6. The lowest BCUT2D eigenvalue weighted by molar-refractivity contribution is -0.136. The van der Waals surface area contributed by atoms with E-state index < -0.39 is 29.7 Å². The van der Waals surface area contributed by atoms with Crippen molar-refractivity contribution in [2.45, 2.75) is 45.3 Å². The van der Waals surface area contributed by atoms with E-state index in [4.69, 9.17) is 4.98 Å². The summed E-state index contributed by atoms with van der Waals surface area (Å²) in [7, 11) is 0. The number of imide groups is 2. The van der Waals surface area contributed by atoms with Gasteiger partial charge in [-0.1, -0.05) is 17.4 Å².